The van der Waals surface area contributed by atoms with Gasteiger partial charge in [-0.3, -0.25) is 0 Å². The number of likely N-dealkylation sites (N-methyl/N-ethyl adjacent to an activating group) is 1. The quantitative estimate of drug-likeness (QED) is 0.728. The summed E-state index contributed by atoms with van der Waals surface area (Å²) in [6.45, 7) is 8.20. The molecule has 0 aromatic carbocycles. The molecule has 2 unspecified atom stereocenters. The minimum atomic E-state index is 0.270. The molecule has 2 atom stereocenters. The molecule has 0 amide bonds. The SMILES string of the molecule is CCCC(C)(CN)CN(C)C1CCOC1. The minimum absolute atomic E-state index is 0.270. The highest BCUT2D eigenvalue weighted by Crippen LogP contribution is 2.24. The van der Waals surface area contributed by atoms with Crippen LogP contribution in [0.4, 0.5) is 0 Å². The largest absolute Gasteiger partial charge is 0.380 e. The number of ether oxygens (including phenoxy) is 1. The first-order valence-electron chi connectivity index (χ1n) is 6.09. The molecule has 0 spiro atoms. The van der Waals surface area contributed by atoms with E-state index in [2.05, 4.69) is 25.8 Å². The molecule has 1 aliphatic heterocycles. The third kappa shape index (κ3) is 3.74. The number of nitrogens with zero attached hydrogens (tertiary/aromatic N) is 1. The highest BCUT2D eigenvalue weighted by molar-refractivity contribution is 4.82. The van der Waals surface area contributed by atoms with Gasteiger partial charge in [-0.15, -0.1) is 0 Å². The molecule has 0 aliphatic carbocycles. The van der Waals surface area contributed by atoms with Gasteiger partial charge in [0.15, 0.2) is 0 Å². The van der Waals surface area contributed by atoms with E-state index in [1.807, 2.05) is 0 Å². The zero-order valence-electron chi connectivity index (χ0n) is 10.5. The standard InChI is InChI=1S/C12H26N2O/c1-4-6-12(2,9-13)10-14(3)11-5-7-15-8-11/h11H,4-10,13H2,1-3H3. The van der Waals surface area contributed by atoms with Crippen molar-refractivity contribution in [3.8, 4) is 0 Å². The normalized spacial score (nSPS) is 25.8. The van der Waals surface area contributed by atoms with Gasteiger partial charge in [-0.1, -0.05) is 20.3 Å². The van der Waals surface area contributed by atoms with E-state index in [4.69, 9.17) is 10.5 Å². The Morgan fingerprint density at radius 3 is 2.73 bits per heavy atom. The number of hydrogen-bond acceptors (Lipinski definition) is 3. The first-order valence-corrected chi connectivity index (χ1v) is 6.09. The van der Waals surface area contributed by atoms with Crippen molar-refractivity contribution in [2.45, 2.75) is 39.2 Å². The molecule has 0 radical (unpaired) electrons. The van der Waals surface area contributed by atoms with Gasteiger partial charge in [-0.2, -0.15) is 0 Å². The van der Waals surface area contributed by atoms with E-state index in [9.17, 15) is 0 Å². The van der Waals surface area contributed by atoms with Crippen LogP contribution in [0.2, 0.25) is 0 Å². The number of hydrogen-bond donors (Lipinski definition) is 1. The van der Waals surface area contributed by atoms with Crippen LogP contribution < -0.4 is 5.73 Å². The van der Waals surface area contributed by atoms with Gasteiger partial charge in [0, 0.05) is 19.2 Å². The van der Waals surface area contributed by atoms with E-state index < -0.39 is 0 Å². The summed E-state index contributed by atoms with van der Waals surface area (Å²) < 4.78 is 5.41. The van der Waals surface area contributed by atoms with Gasteiger partial charge < -0.3 is 15.4 Å². The molecule has 1 heterocycles. The Morgan fingerprint density at radius 1 is 1.53 bits per heavy atom. The van der Waals surface area contributed by atoms with Crippen molar-refractivity contribution in [2.24, 2.45) is 11.1 Å². The van der Waals surface area contributed by atoms with Crippen LogP contribution in [0, 0.1) is 5.41 Å². The van der Waals surface area contributed by atoms with Crippen molar-refractivity contribution in [2.75, 3.05) is 33.4 Å². The molecule has 0 aromatic rings. The van der Waals surface area contributed by atoms with Gasteiger partial charge in [0.05, 0.1) is 6.61 Å². The van der Waals surface area contributed by atoms with E-state index in [1.54, 1.807) is 0 Å². The molecule has 3 heteroatoms. The lowest BCUT2D eigenvalue weighted by Crippen LogP contribution is -2.43. The Balaban J connectivity index is 2.42. The first-order chi connectivity index (χ1) is 7.11. The fourth-order valence-electron chi connectivity index (χ4n) is 2.45. The maximum absolute atomic E-state index is 5.88. The molecule has 1 saturated heterocycles. The lowest BCUT2D eigenvalue weighted by molar-refractivity contribution is 0.120. The summed E-state index contributed by atoms with van der Waals surface area (Å²) in [6.07, 6.45) is 3.59. The zero-order chi connectivity index (χ0) is 11.3. The second-order valence-electron chi connectivity index (χ2n) is 5.20. The lowest BCUT2D eigenvalue weighted by Gasteiger charge is -2.35. The molecule has 1 rings (SSSR count). The Hall–Kier alpha value is -0.120. The molecule has 3 nitrogen and oxygen atoms in total. The zero-order valence-corrected chi connectivity index (χ0v) is 10.5. The molecular weight excluding hydrogens is 188 g/mol. The fourth-order valence-corrected chi connectivity index (χ4v) is 2.45. The van der Waals surface area contributed by atoms with Crippen molar-refractivity contribution < 1.29 is 4.74 Å². The van der Waals surface area contributed by atoms with Gasteiger partial charge in [-0.05, 0) is 31.8 Å². The highest BCUT2D eigenvalue weighted by Gasteiger charge is 2.28. The Bertz CT molecular complexity index is 180. The number of nitrogens with two attached hydrogens (primary N) is 1. The van der Waals surface area contributed by atoms with E-state index in [-0.39, 0.29) is 5.41 Å². The predicted molar refractivity (Wildman–Crippen MR) is 63.9 cm³/mol. The average molecular weight is 214 g/mol. The topological polar surface area (TPSA) is 38.5 Å². The van der Waals surface area contributed by atoms with E-state index in [1.165, 1.54) is 19.3 Å². The van der Waals surface area contributed by atoms with Crippen molar-refractivity contribution in [3.63, 3.8) is 0 Å². The highest BCUT2D eigenvalue weighted by atomic mass is 16.5. The summed E-state index contributed by atoms with van der Waals surface area (Å²) >= 11 is 0. The minimum Gasteiger partial charge on any atom is -0.380 e. The summed E-state index contributed by atoms with van der Waals surface area (Å²) in [7, 11) is 2.20. The summed E-state index contributed by atoms with van der Waals surface area (Å²) in [5.74, 6) is 0. The van der Waals surface area contributed by atoms with Crippen molar-refractivity contribution in [3.05, 3.63) is 0 Å². The molecule has 1 aliphatic rings. The van der Waals surface area contributed by atoms with Gasteiger partial charge in [0.1, 0.15) is 0 Å². The van der Waals surface area contributed by atoms with Gasteiger partial charge in [0.2, 0.25) is 0 Å². The second-order valence-corrected chi connectivity index (χ2v) is 5.20. The lowest BCUT2D eigenvalue weighted by atomic mass is 9.85. The maximum Gasteiger partial charge on any atom is 0.0622 e. The summed E-state index contributed by atoms with van der Waals surface area (Å²) in [5, 5.41) is 0. The van der Waals surface area contributed by atoms with Crippen LogP contribution in [0.25, 0.3) is 0 Å². The molecule has 1 fully saturated rings. The molecule has 0 aromatic heterocycles. The van der Waals surface area contributed by atoms with E-state index in [0.717, 1.165) is 26.3 Å². The second kappa shape index (κ2) is 5.83. The summed E-state index contributed by atoms with van der Waals surface area (Å²) in [4.78, 5) is 2.43. The molecule has 0 saturated carbocycles. The first kappa shape index (κ1) is 12.9. The maximum atomic E-state index is 5.88. The van der Waals surface area contributed by atoms with E-state index in [0.29, 0.717) is 6.04 Å². The Labute approximate surface area is 94.0 Å². The van der Waals surface area contributed by atoms with Crippen molar-refractivity contribution in [1.82, 2.24) is 4.90 Å². The molecule has 90 valence electrons. The Morgan fingerprint density at radius 2 is 2.27 bits per heavy atom. The van der Waals surface area contributed by atoms with Crippen LogP contribution in [0.15, 0.2) is 0 Å². The van der Waals surface area contributed by atoms with Gasteiger partial charge in [-0.25, -0.2) is 0 Å². The van der Waals surface area contributed by atoms with Crippen molar-refractivity contribution in [1.29, 1.82) is 0 Å². The predicted octanol–water partition coefficient (Wildman–Crippen LogP) is 1.47. The smallest absolute Gasteiger partial charge is 0.0622 e. The van der Waals surface area contributed by atoms with E-state index >= 15 is 0 Å². The van der Waals surface area contributed by atoms with Crippen LogP contribution in [-0.4, -0.2) is 44.3 Å². The van der Waals surface area contributed by atoms with Crippen LogP contribution in [0.5, 0.6) is 0 Å². The molecule has 15 heavy (non-hydrogen) atoms. The van der Waals surface area contributed by atoms with Crippen LogP contribution in [0.1, 0.15) is 33.1 Å². The van der Waals surface area contributed by atoms with Gasteiger partial charge >= 0.3 is 0 Å². The van der Waals surface area contributed by atoms with Crippen LogP contribution >= 0.6 is 0 Å². The average Bonchev–Trinajstić information content (AvgIpc) is 2.71. The fraction of sp³-hybridized carbons (Fsp3) is 1.00. The summed E-state index contributed by atoms with van der Waals surface area (Å²) in [5.41, 5.74) is 6.15. The molecule has 0 bridgehead atoms. The van der Waals surface area contributed by atoms with Gasteiger partial charge in [0.25, 0.3) is 0 Å². The molecular formula is C12H26N2O. The molecule has 2 N–H and O–H groups in total. The van der Waals surface area contributed by atoms with Crippen molar-refractivity contribution >= 4 is 0 Å². The summed E-state index contributed by atoms with van der Waals surface area (Å²) in [6, 6.07) is 0.604. The Kier molecular flexibility index (Phi) is 5.03. The third-order valence-electron chi connectivity index (χ3n) is 3.51. The number of rotatable bonds is 6. The third-order valence-corrected chi connectivity index (χ3v) is 3.51. The van der Waals surface area contributed by atoms with Crippen LogP contribution in [-0.2, 0) is 4.74 Å². The monoisotopic (exact) mass is 214 g/mol. The van der Waals surface area contributed by atoms with Crippen LogP contribution in [0.3, 0.4) is 0 Å².